The number of amides is 4. The first-order valence-corrected chi connectivity index (χ1v) is 14.9. The first kappa shape index (κ1) is 32.2. The van der Waals surface area contributed by atoms with E-state index < -0.39 is 63.6 Å². The van der Waals surface area contributed by atoms with E-state index in [0.29, 0.717) is 6.42 Å². The van der Waals surface area contributed by atoms with Crippen molar-refractivity contribution in [3.8, 4) is 0 Å². The quantitative estimate of drug-likeness (QED) is 0.189. The Morgan fingerprint density at radius 1 is 1.10 bits per heavy atom. The van der Waals surface area contributed by atoms with Gasteiger partial charge >= 0.3 is 6.09 Å². The first-order valence-electron chi connectivity index (χ1n) is 14.1. The highest BCUT2D eigenvalue weighted by Crippen LogP contribution is 2.65. The van der Waals surface area contributed by atoms with Gasteiger partial charge in [-0.1, -0.05) is 38.7 Å². The third kappa shape index (κ3) is 7.49. The van der Waals surface area contributed by atoms with Gasteiger partial charge in [-0.15, -0.1) is 29.8 Å². The first-order chi connectivity index (χ1) is 18.7. The average molecular weight is 602 g/mol. The largest absolute Gasteiger partial charge is 0.444 e. The molecule has 2 aliphatic carbocycles. The lowest BCUT2D eigenvalue weighted by molar-refractivity contribution is -0.144. The van der Waals surface area contributed by atoms with Crippen molar-refractivity contribution in [1.29, 1.82) is 0 Å². The number of ether oxygens (including phenoxy) is 1. The molecule has 4 amide bonds. The van der Waals surface area contributed by atoms with E-state index in [4.69, 9.17) is 27.9 Å². The average Bonchev–Trinajstić information content (AvgIpc) is 3.21. The summed E-state index contributed by atoms with van der Waals surface area (Å²) in [5.74, 6) is -3.61. The molecule has 0 radical (unpaired) electrons. The van der Waals surface area contributed by atoms with Gasteiger partial charge in [0, 0.05) is 24.9 Å². The molecule has 10 nitrogen and oxygen atoms in total. The number of nitrogens with zero attached hydrogens (tertiary/aromatic N) is 1. The van der Waals surface area contributed by atoms with Gasteiger partial charge in [0.15, 0.2) is 0 Å². The minimum Gasteiger partial charge on any atom is -0.444 e. The summed E-state index contributed by atoms with van der Waals surface area (Å²) in [5.41, 5.74) is -0.752. The summed E-state index contributed by atoms with van der Waals surface area (Å²) < 4.78 is 4.25. The van der Waals surface area contributed by atoms with Crippen molar-refractivity contribution in [2.45, 2.75) is 101 Å². The molecular formula is C28H42Cl2N4O6. The van der Waals surface area contributed by atoms with Gasteiger partial charge in [0.25, 0.3) is 5.91 Å². The molecule has 1 heterocycles. The number of piperidine rings is 1. The molecule has 40 heavy (non-hydrogen) atoms. The maximum Gasteiger partial charge on any atom is 0.408 e. The second kappa shape index (κ2) is 13.1. The summed E-state index contributed by atoms with van der Waals surface area (Å²) in [5, 5.41) is 7.91. The Morgan fingerprint density at radius 2 is 1.75 bits per heavy atom. The van der Waals surface area contributed by atoms with Crippen molar-refractivity contribution < 1.29 is 28.7 Å². The van der Waals surface area contributed by atoms with Crippen LogP contribution in [0.1, 0.15) is 72.6 Å². The number of carbonyl (C=O) groups excluding carboxylic acids is 5. The molecule has 5 unspecified atom stereocenters. The van der Waals surface area contributed by atoms with Crippen LogP contribution in [0.2, 0.25) is 0 Å². The van der Waals surface area contributed by atoms with Crippen LogP contribution in [0, 0.1) is 17.8 Å². The number of likely N-dealkylation sites (tertiary alicyclic amines) is 1. The van der Waals surface area contributed by atoms with E-state index in [-0.39, 0.29) is 31.3 Å². The fourth-order valence-electron chi connectivity index (χ4n) is 5.82. The minimum absolute atomic E-state index is 0.111. The van der Waals surface area contributed by atoms with E-state index in [1.807, 2.05) is 6.92 Å². The SMILES string of the molecule is C=CCNC(=O)C(=O)C(CCC)NC(=O)C1C2C(CN1C(=O)C(NC(=O)OC(C)(C)C)C1CCCCC1)C2(Cl)Cl. The van der Waals surface area contributed by atoms with Crippen LogP contribution in [0.15, 0.2) is 12.7 Å². The number of nitrogens with one attached hydrogen (secondary N) is 3. The van der Waals surface area contributed by atoms with Crippen molar-refractivity contribution in [3.05, 3.63) is 12.7 Å². The molecule has 5 atom stereocenters. The smallest absolute Gasteiger partial charge is 0.408 e. The minimum atomic E-state index is -1.19. The molecule has 0 aromatic rings. The number of hydrogen-bond donors (Lipinski definition) is 3. The van der Waals surface area contributed by atoms with E-state index in [0.717, 1.165) is 32.1 Å². The molecule has 3 aliphatic rings. The van der Waals surface area contributed by atoms with Crippen molar-refractivity contribution in [3.63, 3.8) is 0 Å². The third-order valence-corrected chi connectivity index (χ3v) is 8.85. The monoisotopic (exact) mass is 600 g/mol. The zero-order chi connectivity index (χ0) is 29.8. The van der Waals surface area contributed by atoms with E-state index in [9.17, 15) is 24.0 Å². The van der Waals surface area contributed by atoms with Crippen molar-refractivity contribution in [2.24, 2.45) is 17.8 Å². The fraction of sp³-hybridized carbons (Fsp3) is 0.750. The Kier molecular flexibility index (Phi) is 10.5. The lowest BCUT2D eigenvalue weighted by atomic mass is 9.83. The van der Waals surface area contributed by atoms with Gasteiger partial charge in [-0.05, 0) is 46.0 Å². The summed E-state index contributed by atoms with van der Waals surface area (Å²) >= 11 is 13.0. The third-order valence-electron chi connectivity index (χ3n) is 7.78. The number of Topliss-reactive ketones (excluding diaryl/α,β-unsaturated/α-hetero) is 1. The van der Waals surface area contributed by atoms with Crippen LogP contribution >= 0.6 is 23.2 Å². The lowest BCUT2D eigenvalue weighted by Crippen LogP contribution is -2.60. The highest BCUT2D eigenvalue weighted by molar-refractivity contribution is 6.51. The van der Waals surface area contributed by atoms with Gasteiger partial charge < -0.3 is 25.6 Å². The van der Waals surface area contributed by atoms with Crippen LogP contribution in [0.4, 0.5) is 4.79 Å². The number of fused-ring (bicyclic) bond motifs is 1. The highest BCUT2D eigenvalue weighted by Gasteiger charge is 2.74. The van der Waals surface area contributed by atoms with Gasteiger partial charge in [0.05, 0.1) is 6.04 Å². The zero-order valence-corrected chi connectivity index (χ0v) is 25.3. The molecule has 0 spiro atoms. The predicted octanol–water partition coefficient (Wildman–Crippen LogP) is 3.25. The standard InChI is InChI=1S/C28H42Cl2N4O6/c1-6-11-18(22(35)24(37)31-14-7-2)32-23(36)21-19-17(28(19,29)30)15-34(21)25(38)20(16-12-9-8-10-13-16)33-26(39)40-27(3,4)5/h7,16-21H,2,6,8-15H2,1,3-5H3,(H,31,37)(H,32,36)(H,33,39). The normalized spacial score (nSPS) is 25.1. The fourth-order valence-corrected chi connectivity index (χ4v) is 6.65. The Bertz CT molecular complexity index is 1010. The number of alkyl carbamates (subject to hydrolysis) is 1. The maximum absolute atomic E-state index is 14.1. The van der Waals surface area contributed by atoms with Gasteiger partial charge in [-0.2, -0.15) is 0 Å². The Hall–Kier alpha value is -2.33. The molecule has 224 valence electrons. The van der Waals surface area contributed by atoms with E-state index in [2.05, 4.69) is 22.5 Å². The van der Waals surface area contributed by atoms with Gasteiger partial charge in [-0.3, -0.25) is 19.2 Å². The van der Waals surface area contributed by atoms with E-state index >= 15 is 0 Å². The van der Waals surface area contributed by atoms with Crippen LogP contribution in [-0.4, -0.2) is 75.6 Å². The molecule has 3 rings (SSSR count). The Balaban J connectivity index is 1.83. The number of ketones is 1. The second-order valence-electron chi connectivity index (χ2n) is 12.0. The highest BCUT2D eigenvalue weighted by atomic mass is 35.5. The molecule has 3 fully saturated rings. The van der Waals surface area contributed by atoms with Gasteiger partial charge in [0.2, 0.25) is 17.6 Å². The van der Waals surface area contributed by atoms with Crippen LogP contribution < -0.4 is 16.0 Å². The lowest BCUT2D eigenvalue weighted by Gasteiger charge is -2.36. The van der Waals surface area contributed by atoms with Crippen LogP contribution in [0.3, 0.4) is 0 Å². The van der Waals surface area contributed by atoms with E-state index in [1.54, 1.807) is 20.8 Å². The molecule has 3 N–H and O–H groups in total. The topological polar surface area (TPSA) is 134 Å². The zero-order valence-electron chi connectivity index (χ0n) is 23.8. The second-order valence-corrected chi connectivity index (χ2v) is 13.4. The molecule has 12 heteroatoms. The van der Waals surface area contributed by atoms with Gasteiger partial charge in [0.1, 0.15) is 22.0 Å². The molecule has 0 bridgehead atoms. The van der Waals surface area contributed by atoms with Crippen LogP contribution in [0.25, 0.3) is 0 Å². The summed E-state index contributed by atoms with van der Waals surface area (Å²) in [4.78, 5) is 67.1. The summed E-state index contributed by atoms with van der Waals surface area (Å²) in [6, 6.07) is -3.02. The summed E-state index contributed by atoms with van der Waals surface area (Å²) in [6.45, 7) is 10.8. The Labute approximate surface area is 246 Å². The van der Waals surface area contributed by atoms with Crippen molar-refractivity contribution in [1.82, 2.24) is 20.9 Å². The van der Waals surface area contributed by atoms with E-state index in [1.165, 1.54) is 11.0 Å². The number of alkyl halides is 2. The molecule has 0 aromatic carbocycles. The van der Waals surface area contributed by atoms with Gasteiger partial charge in [-0.25, -0.2) is 4.79 Å². The Morgan fingerprint density at radius 3 is 2.33 bits per heavy atom. The predicted molar refractivity (Wildman–Crippen MR) is 152 cm³/mol. The molecular weight excluding hydrogens is 559 g/mol. The number of halogens is 2. The number of carbonyl (C=O) groups is 5. The number of hydrogen-bond acceptors (Lipinski definition) is 6. The summed E-state index contributed by atoms with van der Waals surface area (Å²) in [7, 11) is 0. The van der Waals surface area contributed by atoms with Crippen molar-refractivity contribution >= 4 is 52.8 Å². The van der Waals surface area contributed by atoms with Crippen LogP contribution in [-0.2, 0) is 23.9 Å². The maximum atomic E-state index is 14.1. The molecule has 2 saturated carbocycles. The molecule has 0 aromatic heterocycles. The molecule has 1 saturated heterocycles. The van der Waals surface area contributed by atoms with Crippen molar-refractivity contribution in [2.75, 3.05) is 13.1 Å². The molecule has 1 aliphatic heterocycles. The summed E-state index contributed by atoms with van der Waals surface area (Å²) in [6.07, 6.45) is 5.94. The number of rotatable bonds is 11. The van der Waals surface area contributed by atoms with Crippen LogP contribution in [0.5, 0.6) is 0 Å².